The summed E-state index contributed by atoms with van der Waals surface area (Å²) < 4.78 is 57.4. The van der Waals surface area contributed by atoms with Crippen molar-refractivity contribution in [1.29, 1.82) is 0 Å². The minimum atomic E-state index is -4.61. The zero-order valence-electron chi connectivity index (χ0n) is 9.08. The first-order chi connectivity index (χ1) is 8.31. The van der Waals surface area contributed by atoms with Gasteiger partial charge in [0.15, 0.2) is 23.6 Å². The average molecular weight is 284 g/mol. The molecule has 0 fully saturated rings. The Balaban J connectivity index is 2.71. The van der Waals surface area contributed by atoms with Crippen molar-refractivity contribution in [1.82, 2.24) is 0 Å². The van der Waals surface area contributed by atoms with Gasteiger partial charge in [0, 0.05) is 0 Å². The number of carbonyl (C=O) groups is 1. The summed E-state index contributed by atoms with van der Waals surface area (Å²) in [5.74, 6) is -2.10. The van der Waals surface area contributed by atoms with Gasteiger partial charge in [0.25, 0.3) is 0 Å². The van der Waals surface area contributed by atoms with Gasteiger partial charge in [-0.25, -0.2) is 4.39 Å². The highest BCUT2D eigenvalue weighted by atomic mass is 32.2. The van der Waals surface area contributed by atoms with E-state index in [-0.39, 0.29) is 12.0 Å². The van der Waals surface area contributed by atoms with Crippen molar-refractivity contribution in [3.8, 4) is 5.75 Å². The van der Waals surface area contributed by atoms with Crippen LogP contribution in [0.4, 0.5) is 17.6 Å². The lowest BCUT2D eigenvalue weighted by Gasteiger charge is -2.08. The van der Waals surface area contributed by atoms with Crippen LogP contribution in [-0.4, -0.2) is 18.6 Å². The van der Waals surface area contributed by atoms with E-state index in [9.17, 15) is 22.4 Å². The number of esters is 1. The molecule has 0 heterocycles. The Morgan fingerprint density at radius 1 is 1.39 bits per heavy atom. The lowest BCUT2D eigenvalue weighted by Crippen LogP contribution is -2.06. The quantitative estimate of drug-likeness (QED) is 0.483. The van der Waals surface area contributed by atoms with E-state index < -0.39 is 35.1 Å². The SMILES string of the molecule is COC(=O)Cc1ccc(OSC(F)(F)F)c(F)c1. The third-order valence-electron chi connectivity index (χ3n) is 1.80. The number of benzene rings is 1. The van der Waals surface area contributed by atoms with E-state index >= 15 is 0 Å². The Morgan fingerprint density at radius 3 is 2.56 bits per heavy atom. The van der Waals surface area contributed by atoms with E-state index in [2.05, 4.69) is 8.92 Å². The molecular weight excluding hydrogens is 276 g/mol. The van der Waals surface area contributed by atoms with Gasteiger partial charge in [-0.3, -0.25) is 4.79 Å². The molecule has 0 spiro atoms. The van der Waals surface area contributed by atoms with E-state index in [1.807, 2.05) is 0 Å². The zero-order valence-corrected chi connectivity index (χ0v) is 9.90. The molecule has 1 aromatic rings. The zero-order chi connectivity index (χ0) is 13.8. The summed E-state index contributed by atoms with van der Waals surface area (Å²) in [7, 11) is 1.18. The van der Waals surface area contributed by atoms with Crippen molar-refractivity contribution >= 4 is 18.0 Å². The molecule has 1 rings (SSSR count). The summed E-state index contributed by atoms with van der Waals surface area (Å²) in [5.41, 5.74) is -4.33. The van der Waals surface area contributed by atoms with Crippen LogP contribution in [0, 0.1) is 5.82 Å². The first-order valence-electron chi connectivity index (χ1n) is 4.59. The van der Waals surface area contributed by atoms with Crippen LogP contribution in [0.25, 0.3) is 0 Å². The van der Waals surface area contributed by atoms with Gasteiger partial charge < -0.3 is 8.92 Å². The molecule has 0 aliphatic carbocycles. The fourth-order valence-electron chi connectivity index (χ4n) is 1.05. The molecule has 0 saturated carbocycles. The molecule has 0 aliphatic heterocycles. The maximum absolute atomic E-state index is 13.3. The molecule has 3 nitrogen and oxygen atoms in total. The average Bonchev–Trinajstić information content (AvgIpc) is 2.26. The van der Waals surface area contributed by atoms with Crippen LogP contribution >= 0.6 is 12.0 Å². The molecule has 1 aromatic carbocycles. The van der Waals surface area contributed by atoms with Gasteiger partial charge in [0.1, 0.15) is 0 Å². The molecule has 0 N–H and O–H groups in total. The van der Waals surface area contributed by atoms with E-state index in [1.54, 1.807) is 0 Å². The first-order valence-corrected chi connectivity index (χ1v) is 5.33. The molecule has 0 atom stereocenters. The lowest BCUT2D eigenvalue weighted by atomic mass is 10.1. The maximum Gasteiger partial charge on any atom is 0.479 e. The number of methoxy groups -OCH3 is 1. The Hall–Kier alpha value is -1.44. The summed E-state index contributed by atoms with van der Waals surface area (Å²) in [6.45, 7) is 0. The molecule has 0 aliphatic rings. The highest BCUT2D eigenvalue weighted by molar-refractivity contribution is 7.95. The Kier molecular flexibility index (Phi) is 4.83. The van der Waals surface area contributed by atoms with Crippen LogP contribution in [0.1, 0.15) is 5.56 Å². The monoisotopic (exact) mass is 284 g/mol. The largest absolute Gasteiger partial charge is 0.479 e. The number of rotatable bonds is 4. The third-order valence-corrected chi connectivity index (χ3v) is 2.25. The number of halogens is 4. The molecule has 0 unspecified atom stereocenters. The number of hydrogen-bond donors (Lipinski definition) is 0. The maximum atomic E-state index is 13.3. The number of carbonyl (C=O) groups excluding carboxylic acids is 1. The second-order valence-electron chi connectivity index (χ2n) is 3.13. The molecule has 0 amide bonds. The molecule has 100 valence electrons. The summed E-state index contributed by atoms with van der Waals surface area (Å²) in [6.07, 6.45) is -0.167. The van der Waals surface area contributed by atoms with Crippen molar-refractivity contribution < 1.29 is 31.3 Å². The highest BCUT2D eigenvalue weighted by Gasteiger charge is 2.31. The molecular formula is C10H8F4O3S. The van der Waals surface area contributed by atoms with Gasteiger partial charge in [-0.05, 0) is 17.7 Å². The van der Waals surface area contributed by atoms with E-state index in [0.29, 0.717) is 0 Å². The van der Waals surface area contributed by atoms with Crippen LogP contribution in [-0.2, 0) is 16.0 Å². The number of ether oxygens (including phenoxy) is 1. The van der Waals surface area contributed by atoms with Gasteiger partial charge >= 0.3 is 11.5 Å². The summed E-state index contributed by atoms with van der Waals surface area (Å²) in [6, 6.07) is 3.22. The Morgan fingerprint density at radius 2 is 2.06 bits per heavy atom. The smallest absolute Gasteiger partial charge is 0.469 e. The predicted molar refractivity (Wildman–Crippen MR) is 56.4 cm³/mol. The Labute approximate surface area is 104 Å². The van der Waals surface area contributed by atoms with Crippen molar-refractivity contribution in [2.24, 2.45) is 0 Å². The van der Waals surface area contributed by atoms with Crippen LogP contribution < -0.4 is 4.18 Å². The van der Waals surface area contributed by atoms with Crippen molar-refractivity contribution in [2.75, 3.05) is 7.11 Å². The minimum Gasteiger partial charge on any atom is -0.469 e. The van der Waals surface area contributed by atoms with Crippen molar-refractivity contribution in [2.45, 2.75) is 11.9 Å². The van der Waals surface area contributed by atoms with E-state index in [4.69, 9.17) is 0 Å². The topological polar surface area (TPSA) is 35.5 Å². The second-order valence-corrected chi connectivity index (χ2v) is 3.93. The molecule has 0 bridgehead atoms. The van der Waals surface area contributed by atoms with Gasteiger partial charge in [0.05, 0.1) is 13.5 Å². The normalized spacial score (nSPS) is 11.2. The third kappa shape index (κ3) is 4.82. The fourth-order valence-corrected chi connectivity index (χ4v) is 1.37. The second kappa shape index (κ2) is 5.94. The lowest BCUT2D eigenvalue weighted by molar-refractivity contribution is -0.139. The van der Waals surface area contributed by atoms with Crippen LogP contribution in [0.2, 0.25) is 0 Å². The number of hydrogen-bond acceptors (Lipinski definition) is 4. The summed E-state index contributed by atoms with van der Waals surface area (Å²) >= 11 is -0.807. The van der Waals surface area contributed by atoms with Crippen molar-refractivity contribution in [3.63, 3.8) is 0 Å². The molecule has 0 radical (unpaired) electrons. The van der Waals surface area contributed by atoms with Gasteiger partial charge in [-0.15, -0.1) is 0 Å². The molecule has 8 heteroatoms. The summed E-state index contributed by atoms with van der Waals surface area (Å²) in [4.78, 5) is 10.9. The highest BCUT2D eigenvalue weighted by Crippen LogP contribution is 2.33. The molecule has 18 heavy (non-hydrogen) atoms. The Bertz CT molecular complexity index is 434. The fraction of sp³-hybridized carbons (Fsp3) is 0.300. The standard InChI is InChI=1S/C10H8F4O3S/c1-16-9(15)5-6-2-3-8(7(11)4-6)17-18-10(12,13)14/h2-4H,5H2,1H3. The number of alkyl halides is 3. The van der Waals surface area contributed by atoms with Crippen LogP contribution in [0.15, 0.2) is 18.2 Å². The van der Waals surface area contributed by atoms with Gasteiger partial charge in [-0.1, -0.05) is 6.07 Å². The molecule has 0 aromatic heterocycles. The van der Waals surface area contributed by atoms with E-state index in [0.717, 1.165) is 12.1 Å². The van der Waals surface area contributed by atoms with Crippen LogP contribution in [0.5, 0.6) is 5.75 Å². The minimum absolute atomic E-state index is 0.167. The van der Waals surface area contributed by atoms with E-state index in [1.165, 1.54) is 13.2 Å². The van der Waals surface area contributed by atoms with Gasteiger partial charge in [0.2, 0.25) is 0 Å². The van der Waals surface area contributed by atoms with Gasteiger partial charge in [-0.2, -0.15) is 13.2 Å². The van der Waals surface area contributed by atoms with Crippen molar-refractivity contribution in [3.05, 3.63) is 29.6 Å². The predicted octanol–water partition coefficient (Wildman–Crippen LogP) is 3.09. The van der Waals surface area contributed by atoms with Crippen LogP contribution in [0.3, 0.4) is 0 Å². The summed E-state index contributed by atoms with van der Waals surface area (Å²) in [5, 5.41) is 0. The molecule has 0 saturated heterocycles. The first kappa shape index (κ1) is 14.6.